The number of carbonyl (C=O) groups is 2. The lowest BCUT2D eigenvalue weighted by Crippen LogP contribution is -2.48. The molecule has 0 radical (unpaired) electrons. The first-order chi connectivity index (χ1) is 11.1. The predicted octanol–water partition coefficient (Wildman–Crippen LogP) is -0.947. The van der Waals surface area contributed by atoms with Crippen molar-refractivity contribution in [1.82, 2.24) is 19.9 Å². The standard InChI is InChI=1S/C14H15BN4O4/c1-18-9-13(20)22-15(23-14(21)10-18)12-8-19(17-16-12)7-11-5-3-2-4-6-11/h2-6,8H,7,9-10H2,1H3. The van der Waals surface area contributed by atoms with E-state index in [9.17, 15) is 9.59 Å². The lowest BCUT2D eigenvalue weighted by molar-refractivity contribution is -0.145. The van der Waals surface area contributed by atoms with Gasteiger partial charge >= 0.3 is 19.1 Å². The zero-order valence-corrected chi connectivity index (χ0v) is 12.6. The largest absolute Gasteiger partial charge is 0.659 e. The molecule has 0 unspecified atom stereocenters. The highest BCUT2D eigenvalue weighted by Crippen LogP contribution is 2.02. The van der Waals surface area contributed by atoms with E-state index in [0.717, 1.165) is 5.56 Å². The quantitative estimate of drug-likeness (QED) is 0.675. The summed E-state index contributed by atoms with van der Waals surface area (Å²) in [6.07, 6.45) is 1.60. The first-order valence-corrected chi connectivity index (χ1v) is 7.11. The van der Waals surface area contributed by atoms with Crippen molar-refractivity contribution >= 4 is 24.7 Å². The van der Waals surface area contributed by atoms with Crippen molar-refractivity contribution in [2.45, 2.75) is 6.54 Å². The molecule has 0 aliphatic carbocycles. The Bertz CT molecular complexity index is 686. The fraction of sp³-hybridized carbons (Fsp3) is 0.286. The van der Waals surface area contributed by atoms with Crippen molar-refractivity contribution in [3.05, 3.63) is 42.1 Å². The Balaban J connectivity index is 1.73. The topological polar surface area (TPSA) is 86.6 Å². The lowest BCUT2D eigenvalue weighted by Gasteiger charge is -2.21. The Hall–Kier alpha value is -2.68. The van der Waals surface area contributed by atoms with E-state index in [1.165, 1.54) is 4.90 Å². The second-order valence-electron chi connectivity index (χ2n) is 5.31. The summed E-state index contributed by atoms with van der Waals surface area (Å²) in [6, 6.07) is 9.73. The minimum absolute atomic E-state index is 0.0176. The summed E-state index contributed by atoms with van der Waals surface area (Å²) in [7, 11) is 0.479. The highest BCUT2D eigenvalue weighted by Gasteiger charge is 2.36. The van der Waals surface area contributed by atoms with Gasteiger partial charge in [-0.05, 0) is 12.6 Å². The number of hydrogen-bond donors (Lipinski definition) is 0. The molecule has 0 bridgehead atoms. The van der Waals surface area contributed by atoms with E-state index in [2.05, 4.69) is 10.3 Å². The van der Waals surface area contributed by atoms with Crippen molar-refractivity contribution < 1.29 is 18.9 Å². The second kappa shape index (κ2) is 6.61. The molecule has 8 nitrogen and oxygen atoms in total. The maximum Gasteiger partial charge on any atom is 0.659 e. The molecular formula is C14H15BN4O4. The van der Waals surface area contributed by atoms with Gasteiger partial charge in [-0.25, -0.2) is 4.68 Å². The van der Waals surface area contributed by atoms with Gasteiger partial charge in [-0.2, -0.15) is 0 Å². The molecule has 1 fully saturated rings. The fourth-order valence-electron chi connectivity index (χ4n) is 2.22. The average Bonchev–Trinajstić information content (AvgIpc) is 2.94. The number of benzene rings is 1. The molecule has 9 heteroatoms. The molecular weight excluding hydrogens is 299 g/mol. The smallest absolute Gasteiger partial charge is 0.493 e. The molecule has 0 saturated carbocycles. The van der Waals surface area contributed by atoms with Gasteiger partial charge in [-0.1, -0.05) is 35.5 Å². The monoisotopic (exact) mass is 314 g/mol. The van der Waals surface area contributed by atoms with Crippen LogP contribution in [0.1, 0.15) is 5.56 Å². The minimum atomic E-state index is -1.16. The van der Waals surface area contributed by atoms with Gasteiger partial charge < -0.3 is 9.31 Å². The van der Waals surface area contributed by atoms with Gasteiger partial charge in [0.05, 0.1) is 19.6 Å². The van der Waals surface area contributed by atoms with Crippen LogP contribution >= 0.6 is 0 Å². The summed E-state index contributed by atoms with van der Waals surface area (Å²) in [5.41, 5.74) is 1.34. The van der Waals surface area contributed by atoms with Gasteiger partial charge in [-0.15, -0.1) is 5.10 Å². The Kier molecular flexibility index (Phi) is 4.38. The van der Waals surface area contributed by atoms with E-state index in [1.807, 2.05) is 30.3 Å². The van der Waals surface area contributed by atoms with Crippen LogP contribution in [0.3, 0.4) is 0 Å². The van der Waals surface area contributed by atoms with Crippen molar-refractivity contribution in [2.24, 2.45) is 0 Å². The summed E-state index contributed by atoms with van der Waals surface area (Å²) in [5, 5.41) is 7.92. The molecule has 3 rings (SSSR count). The van der Waals surface area contributed by atoms with E-state index in [1.54, 1.807) is 17.9 Å². The molecule has 0 amide bonds. The average molecular weight is 314 g/mol. The highest BCUT2D eigenvalue weighted by atomic mass is 16.6. The van der Waals surface area contributed by atoms with Crippen LogP contribution in [0.4, 0.5) is 0 Å². The molecule has 0 spiro atoms. The van der Waals surface area contributed by atoms with Crippen LogP contribution in [0.25, 0.3) is 0 Å². The highest BCUT2D eigenvalue weighted by molar-refractivity contribution is 6.63. The van der Waals surface area contributed by atoms with E-state index in [-0.39, 0.29) is 18.7 Å². The zero-order valence-electron chi connectivity index (χ0n) is 12.6. The van der Waals surface area contributed by atoms with Gasteiger partial charge in [-0.3, -0.25) is 14.5 Å². The molecule has 118 valence electrons. The van der Waals surface area contributed by atoms with Gasteiger partial charge in [0.25, 0.3) is 0 Å². The normalized spacial score (nSPS) is 16.5. The van der Waals surface area contributed by atoms with E-state index in [4.69, 9.17) is 9.31 Å². The van der Waals surface area contributed by atoms with Crippen LogP contribution < -0.4 is 5.59 Å². The summed E-state index contributed by atoms with van der Waals surface area (Å²) in [6.45, 7) is 0.554. The van der Waals surface area contributed by atoms with E-state index < -0.39 is 19.1 Å². The Morgan fingerprint density at radius 1 is 1.13 bits per heavy atom. The SMILES string of the molecule is CN1CC(=O)OB(c2cn(Cc3ccccc3)nn2)OC(=O)C1. The number of likely N-dealkylation sites (N-methyl/N-ethyl adjacent to an activating group) is 1. The Morgan fingerprint density at radius 3 is 2.43 bits per heavy atom. The fourth-order valence-corrected chi connectivity index (χ4v) is 2.22. The third kappa shape index (κ3) is 3.95. The first-order valence-electron chi connectivity index (χ1n) is 7.11. The first kappa shape index (κ1) is 15.2. The molecule has 2 heterocycles. The van der Waals surface area contributed by atoms with Gasteiger partial charge in [0.2, 0.25) is 0 Å². The molecule has 1 aromatic heterocycles. The van der Waals surface area contributed by atoms with Crippen molar-refractivity contribution in [2.75, 3.05) is 20.1 Å². The van der Waals surface area contributed by atoms with Crippen LogP contribution in [0.15, 0.2) is 36.5 Å². The third-order valence-electron chi connectivity index (χ3n) is 3.26. The molecule has 0 atom stereocenters. The van der Waals surface area contributed by atoms with Crippen LogP contribution in [0.5, 0.6) is 0 Å². The third-order valence-corrected chi connectivity index (χ3v) is 3.26. The summed E-state index contributed by atoms with van der Waals surface area (Å²) in [4.78, 5) is 25.0. The predicted molar refractivity (Wildman–Crippen MR) is 80.6 cm³/mol. The molecule has 1 aromatic carbocycles. The Labute approximate surface area is 133 Å². The number of hydrogen-bond acceptors (Lipinski definition) is 7. The van der Waals surface area contributed by atoms with Gasteiger partial charge in [0, 0.05) is 6.20 Å². The van der Waals surface area contributed by atoms with Crippen molar-refractivity contribution in [3.8, 4) is 0 Å². The number of aromatic nitrogens is 3. The number of carbonyl (C=O) groups excluding carboxylic acids is 2. The molecule has 23 heavy (non-hydrogen) atoms. The molecule has 0 N–H and O–H groups in total. The van der Waals surface area contributed by atoms with Gasteiger partial charge in [0.1, 0.15) is 5.59 Å². The van der Waals surface area contributed by atoms with Crippen molar-refractivity contribution in [1.29, 1.82) is 0 Å². The van der Waals surface area contributed by atoms with Crippen LogP contribution in [0.2, 0.25) is 0 Å². The number of nitrogens with zero attached hydrogens (tertiary/aromatic N) is 4. The molecule has 1 aliphatic rings. The summed E-state index contributed by atoms with van der Waals surface area (Å²) < 4.78 is 11.9. The summed E-state index contributed by atoms with van der Waals surface area (Å²) >= 11 is 0. The zero-order chi connectivity index (χ0) is 16.2. The van der Waals surface area contributed by atoms with Crippen LogP contribution in [-0.2, 0) is 25.4 Å². The van der Waals surface area contributed by atoms with Gasteiger partial charge in [0.15, 0.2) is 0 Å². The lowest BCUT2D eigenvalue weighted by atomic mass is 9.85. The maximum absolute atomic E-state index is 11.7. The molecule has 1 saturated heterocycles. The number of rotatable bonds is 3. The Morgan fingerprint density at radius 2 is 1.78 bits per heavy atom. The van der Waals surface area contributed by atoms with Crippen LogP contribution in [0, 0.1) is 0 Å². The maximum atomic E-state index is 11.7. The molecule has 1 aliphatic heterocycles. The minimum Gasteiger partial charge on any atom is -0.493 e. The van der Waals surface area contributed by atoms with Crippen LogP contribution in [-0.4, -0.2) is 59.1 Å². The summed E-state index contributed by atoms with van der Waals surface area (Å²) in [5.74, 6) is -0.967. The van der Waals surface area contributed by atoms with E-state index >= 15 is 0 Å². The van der Waals surface area contributed by atoms with E-state index in [0.29, 0.717) is 6.54 Å². The molecule has 2 aromatic rings. The second-order valence-corrected chi connectivity index (χ2v) is 5.31. The van der Waals surface area contributed by atoms with Crippen molar-refractivity contribution in [3.63, 3.8) is 0 Å².